The maximum absolute atomic E-state index is 12.4. The highest BCUT2D eigenvalue weighted by molar-refractivity contribution is 5.93. The molecule has 0 spiro atoms. The number of ketones is 1. The Morgan fingerprint density at radius 2 is 1.68 bits per heavy atom. The summed E-state index contributed by atoms with van der Waals surface area (Å²) in [6, 6.07) is 7.80. The van der Waals surface area contributed by atoms with Crippen LogP contribution in [0.1, 0.15) is 39.0 Å². The summed E-state index contributed by atoms with van der Waals surface area (Å²) in [6.07, 6.45) is 3.97. The van der Waals surface area contributed by atoms with Gasteiger partial charge in [0, 0.05) is 49.4 Å². The molecule has 2 unspecified atom stereocenters. The van der Waals surface area contributed by atoms with Gasteiger partial charge in [0.25, 0.3) is 5.91 Å². The van der Waals surface area contributed by atoms with Gasteiger partial charge in [0.2, 0.25) is 0 Å². The molecule has 7 heteroatoms. The number of nitrogens with zero attached hydrogens (tertiary/aromatic N) is 2. The minimum atomic E-state index is -0.346. The van der Waals surface area contributed by atoms with Crippen LogP contribution >= 0.6 is 0 Å². The zero-order chi connectivity index (χ0) is 21.8. The van der Waals surface area contributed by atoms with Crippen LogP contribution in [0.4, 0.5) is 11.4 Å². The molecule has 1 N–H and O–H groups in total. The summed E-state index contributed by atoms with van der Waals surface area (Å²) in [5.74, 6) is -0.618. The molecule has 0 radical (unpaired) electrons. The number of rotatable bonds is 6. The van der Waals surface area contributed by atoms with E-state index in [-0.39, 0.29) is 36.2 Å². The van der Waals surface area contributed by atoms with Gasteiger partial charge < -0.3 is 19.9 Å². The molecule has 0 aromatic heterocycles. The maximum Gasteiger partial charge on any atom is 0.309 e. The minimum Gasteiger partial charge on any atom is -0.455 e. The lowest BCUT2D eigenvalue weighted by Crippen LogP contribution is -2.46. The topological polar surface area (TPSA) is 79.0 Å². The first-order chi connectivity index (χ1) is 15.0. The van der Waals surface area contributed by atoms with Crippen molar-refractivity contribution in [3.63, 3.8) is 0 Å². The van der Waals surface area contributed by atoms with Crippen molar-refractivity contribution in [2.45, 2.75) is 39.0 Å². The Labute approximate surface area is 184 Å². The summed E-state index contributed by atoms with van der Waals surface area (Å²) >= 11 is 0. The summed E-state index contributed by atoms with van der Waals surface area (Å²) in [5.41, 5.74) is 1.84. The lowest BCUT2D eigenvalue weighted by molar-refractivity contribution is -0.155. The zero-order valence-corrected chi connectivity index (χ0v) is 18.3. The van der Waals surface area contributed by atoms with Crippen molar-refractivity contribution in [1.29, 1.82) is 0 Å². The third-order valence-electron chi connectivity index (χ3n) is 7.06. The second-order valence-corrected chi connectivity index (χ2v) is 9.02. The Morgan fingerprint density at radius 1 is 1.03 bits per heavy atom. The molecule has 1 heterocycles. The summed E-state index contributed by atoms with van der Waals surface area (Å²) in [5, 5.41) is 2.80. The van der Waals surface area contributed by atoms with Crippen molar-refractivity contribution in [3.05, 3.63) is 24.3 Å². The SMILES string of the molecule is CCN1CCN(c2ccc(NC(=O)COC(=O)C3CC4CCCC(C3)C4=O)cc2)CC1. The van der Waals surface area contributed by atoms with Gasteiger partial charge in [-0.2, -0.15) is 0 Å². The highest BCUT2D eigenvalue weighted by atomic mass is 16.5. The van der Waals surface area contributed by atoms with Gasteiger partial charge in [-0.25, -0.2) is 0 Å². The number of anilines is 2. The van der Waals surface area contributed by atoms with E-state index in [9.17, 15) is 14.4 Å². The quantitative estimate of drug-likeness (QED) is 0.704. The van der Waals surface area contributed by atoms with E-state index in [2.05, 4.69) is 22.0 Å². The average molecular weight is 428 g/mol. The number of amides is 1. The Balaban J connectivity index is 1.22. The molecule has 1 aromatic carbocycles. The molecule has 2 saturated carbocycles. The van der Waals surface area contributed by atoms with Gasteiger partial charge in [-0.15, -0.1) is 0 Å². The van der Waals surface area contributed by atoms with Crippen LogP contribution in [0.25, 0.3) is 0 Å². The molecular formula is C24H33N3O4. The predicted molar refractivity (Wildman–Crippen MR) is 119 cm³/mol. The maximum atomic E-state index is 12.4. The van der Waals surface area contributed by atoms with E-state index >= 15 is 0 Å². The van der Waals surface area contributed by atoms with Gasteiger partial charge in [-0.05, 0) is 56.5 Å². The van der Waals surface area contributed by atoms with Crippen LogP contribution in [0.3, 0.4) is 0 Å². The first-order valence-electron chi connectivity index (χ1n) is 11.6. The molecule has 3 fully saturated rings. The zero-order valence-electron chi connectivity index (χ0n) is 18.3. The molecule has 1 saturated heterocycles. The number of esters is 1. The van der Waals surface area contributed by atoms with Crippen molar-refractivity contribution < 1.29 is 19.1 Å². The van der Waals surface area contributed by atoms with Gasteiger partial charge in [-0.1, -0.05) is 13.3 Å². The van der Waals surface area contributed by atoms with Crippen LogP contribution in [-0.2, 0) is 19.1 Å². The second kappa shape index (κ2) is 9.81. The fourth-order valence-corrected chi connectivity index (χ4v) is 5.20. The summed E-state index contributed by atoms with van der Waals surface area (Å²) < 4.78 is 5.28. The van der Waals surface area contributed by atoms with Gasteiger partial charge >= 0.3 is 5.97 Å². The fourth-order valence-electron chi connectivity index (χ4n) is 5.20. The number of benzene rings is 1. The van der Waals surface area contributed by atoms with E-state index in [1.807, 2.05) is 24.3 Å². The molecule has 1 amide bonds. The highest BCUT2D eigenvalue weighted by Gasteiger charge is 2.41. The molecule has 7 nitrogen and oxygen atoms in total. The summed E-state index contributed by atoms with van der Waals surface area (Å²) in [6.45, 7) is 7.12. The number of hydrogen-bond acceptors (Lipinski definition) is 6. The molecule has 2 aliphatic carbocycles. The number of carbonyl (C=O) groups excluding carboxylic acids is 3. The van der Waals surface area contributed by atoms with Crippen LogP contribution in [0.5, 0.6) is 0 Å². The molecule has 3 aliphatic rings. The lowest BCUT2D eigenvalue weighted by Gasteiger charge is -2.36. The Hall–Kier alpha value is -2.41. The molecular weight excluding hydrogens is 394 g/mol. The van der Waals surface area contributed by atoms with Crippen LogP contribution in [0.2, 0.25) is 0 Å². The number of ether oxygens (including phenoxy) is 1. The normalized spacial score (nSPS) is 26.4. The number of fused-ring (bicyclic) bond motifs is 2. The van der Waals surface area contributed by atoms with Crippen LogP contribution < -0.4 is 10.2 Å². The van der Waals surface area contributed by atoms with Crippen molar-refractivity contribution in [2.75, 3.05) is 49.5 Å². The Kier molecular flexibility index (Phi) is 6.90. The lowest BCUT2D eigenvalue weighted by atomic mass is 9.67. The number of carbonyl (C=O) groups is 3. The Morgan fingerprint density at radius 3 is 2.29 bits per heavy atom. The van der Waals surface area contributed by atoms with Crippen LogP contribution in [0.15, 0.2) is 24.3 Å². The van der Waals surface area contributed by atoms with Gasteiger partial charge in [0.15, 0.2) is 6.61 Å². The molecule has 31 heavy (non-hydrogen) atoms. The number of Topliss-reactive ketones (excluding diaryl/α,β-unsaturated/α-hetero) is 1. The third kappa shape index (κ3) is 5.26. The van der Waals surface area contributed by atoms with Gasteiger partial charge in [-0.3, -0.25) is 14.4 Å². The van der Waals surface area contributed by atoms with Crippen LogP contribution in [-0.4, -0.2) is 61.9 Å². The van der Waals surface area contributed by atoms with Gasteiger partial charge in [0.1, 0.15) is 5.78 Å². The summed E-state index contributed by atoms with van der Waals surface area (Å²) in [7, 11) is 0. The van der Waals surface area contributed by atoms with E-state index in [1.165, 1.54) is 0 Å². The van der Waals surface area contributed by atoms with Gasteiger partial charge in [0.05, 0.1) is 5.92 Å². The highest BCUT2D eigenvalue weighted by Crippen LogP contribution is 2.40. The molecule has 168 valence electrons. The Bertz CT molecular complexity index is 786. The third-order valence-corrected chi connectivity index (χ3v) is 7.06. The number of hydrogen-bond donors (Lipinski definition) is 1. The van der Waals surface area contributed by atoms with E-state index in [0.717, 1.165) is 57.7 Å². The number of likely N-dealkylation sites (N-methyl/N-ethyl adjacent to an activating group) is 1. The van der Waals surface area contributed by atoms with E-state index in [4.69, 9.17) is 4.74 Å². The van der Waals surface area contributed by atoms with Crippen molar-refractivity contribution in [3.8, 4) is 0 Å². The van der Waals surface area contributed by atoms with Crippen molar-refractivity contribution >= 4 is 29.0 Å². The molecule has 1 aliphatic heterocycles. The molecule has 4 rings (SSSR count). The van der Waals surface area contributed by atoms with Crippen LogP contribution in [0, 0.1) is 17.8 Å². The number of piperazine rings is 1. The minimum absolute atomic E-state index is 0.00217. The molecule has 1 aromatic rings. The monoisotopic (exact) mass is 427 g/mol. The van der Waals surface area contributed by atoms with E-state index in [1.54, 1.807) is 0 Å². The number of nitrogens with one attached hydrogen (secondary N) is 1. The largest absolute Gasteiger partial charge is 0.455 e. The summed E-state index contributed by atoms with van der Waals surface area (Å²) in [4.78, 5) is 41.6. The fraction of sp³-hybridized carbons (Fsp3) is 0.625. The standard InChI is InChI=1S/C24H33N3O4/c1-2-26-10-12-27(13-11-26)21-8-6-20(7-9-21)25-22(28)16-31-24(30)19-14-17-4-3-5-18(15-19)23(17)29/h6-9,17-19H,2-5,10-16H2,1H3,(H,25,28). The molecule has 2 atom stereocenters. The predicted octanol–water partition coefficient (Wildman–Crippen LogP) is 2.71. The van der Waals surface area contributed by atoms with E-state index < -0.39 is 0 Å². The first kappa shape index (κ1) is 21.8. The smallest absolute Gasteiger partial charge is 0.309 e. The second-order valence-electron chi connectivity index (χ2n) is 9.02. The van der Waals surface area contributed by atoms with Crippen molar-refractivity contribution in [2.24, 2.45) is 17.8 Å². The molecule has 2 bridgehead atoms. The van der Waals surface area contributed by atoms with Crippen molar-refractivity contribution in [1.82, 2.24) is 4.90 Å². The first-order valence-corrected chi connectivity index (χ1v) is 11.6. The average Bonchev–Trinajstić information content (AvgIpc) is 2.78. The van der Waals surface area contributed by atoms with E-state index in [0.29, 0.717) is 24.3 Å².